The third kappa shape index (κ3) is 4.05. The highest BCUT2D eigenvalue weighted by Gasteiger charge is 2.48. The van der Waals surface area contributed by atoms with Crippen LogP contribution in [0.4, 0.5) is 0 Å². The Morgan fingerprint density at radius 2 is 1.86 bits per heavy atom. The van der Waals surface area contributed by atoms with Gasteiger partial charge in [-0.25, -0.2) is 13.2 Å². The third-order valence-electron chi connectivity index (χ3n) is 6.22. The number of amides is 1. The van der Waals surface area contributed by atoms with Crippen LogP contribution in [0.1, 0.15) is 56.3 Å². The van der Waals surface area contributed by atoms with Crippen molar-refractivity contribution in [3.63, 3.8) is 0 Å². The zero-order valence-corrected chi connectivity index (χ0v) is 18.2. The maximum Gasteiger partial charge on any atom is 0.328 e. The average Bonchev–Trinajstić information content (AvgIpc) is 3.13. The van der Waals surface area contributed by atoms with E-state index in [4.69, 9.17) is 4.74 Å². The number of sulfonamides is 1. The first-order chi connectivity index (χ1) is 13.8. The van der Waals surface area contributed by atoms with Crippen molar-refractivity contribution in [2.24, 2.45) is 5.92 Å². The number of hydrogen-bond acceptors (Lipinski definition) is 5. The van der Waals surface area contributed by atoms with E-state index in [1.54, 1.807) is 30.9 Å². The molecule has 160 valence electrons. The van der Waals surface area contributed by atoms with Crippen molar-refractivity contribution in [2.75, 3.05) is 20.2 Å². The molecule has 1 aromatic carbocycles. The molecule has 8 heteroatoms. The third-order valence-corrected chi connectivity index (χ3v) is 8.27. The van der Waals surface area contributed by atoms with Gasteiger partial charge in [-0.05, 0) is 43.4 Å². The Balaban J connectivity index is 1.95. The van der Waals surface area contributed by atoms with Crippen LogP contribution in [0.15, 0.2) is 29.2 Å². The van der Waals surface area contributed by atoms with Gasteiger partial charge in [0.2, 0.25) is 10.0 Å². The summed E-state index contributed by atoms with van der Waals surface area (Å²) in [6.45, 7) is 4.28. The van der Waals surface area contributed by atoms with E-state index in [1.807, 2.05) is 0 Å². The van der Waals surface area contributed by atoms with Crippen molar-refractivity contribution >= 4 is 21.9 Å². The lowest BCUT2D eigenvalue weighted by molar-refractivity contribution is -0.145. The van der Waals surface area contributed by atoms with Gasteiger partial charge in [0.25, 0.3) is 5.91 Å². The molecule has 1 saturated carbocycles. The van der Waals surface area contributed by atoms with Gasteiger partial charge in [0.05, 0.1) is 12.0 Å². The van der Waals surface area contributed by atoms with Gasteiger partial charge in [0.1, 0.15) is 6.04 Å². The molecule has 0 bridgehead atoms. The molecule has 29 heavy (non-hydrogen) atoms. The fourth-order valence-electron chi connectivity index (χ4n) is 4.75. The van der Waals surface area contributed by atoms with Gasteiger partial charge >= 0.3 is 5.97 Å². The number of fused-ring (bicyclic) bond motifs is 1. The Bertz CT molecular complexity index is 866. The summed E-state index contributed by atoms with van der Waals surface area (Å²) in [4.78, 5) is 27.6. The monoisotopic (exact) mass is 422 g/mol. The molecule has 2 fully saturated rings. The van der Waals surface area contributed by atoms with E-state index in [0.29, 0.717) is 31.0 Å². The maximum absolute atomic E-state index is 13.4. The molecule has 3 rings (SSSR count). The molecule has 1 aliphatic heterocycles. The van der Waals surface area contributed by atoms with E-state index in [0.717, 1.165) is 25.7 Å². The number of nitrogens with zero attached hydrogens (tertiary/aromatic N) is 2. The minimum absolute atomic E-state index is 0.00314. The van der Waals surface area contributed by atoms with E-state index in [2.05, 4.69) is 0 Å². The molecule has 7 nitrogen and oxygen atoms in total. The Hall–Kier alpha value is -1.93. The van der Waals surface area contributed by atoms with Crippen molar-refractivity contribution in [3.8, 4) is 0 Å². The lowest BCUT2D eigenvalue weighted by Crippen LogP contribution is -2.46. The van der Waals surface area contributed by atoms with E-state index in [9.17, 15) is 18.0 Å². The molecule has 0 radical (unpaired) electrons. The first-order valence-electron chi connectivity index (χ1n) is 10.4. The second-order valence-electron chi connectivity index (χ2n) is 7.72. The second kappa shape index (κ2) is 8.83. The summed E-state index contributed by atoms with van der Waals surface area (Å²) in [7, 11) is -2.33. The molecular formula is C21H30N2O5S. The van der Waals surface area contributed by atoms with Crippen LogP contribution in [0, 0.1) is 5.92 Å². The highest BCUT2D eigenvalue weighted by atomic mass is 32.2. The van der Waals surface area contributed by atoms with Gasteiger partial charge in [-0.15, -0.1) is 0 Å². The molecule has 1 amide bonds. The largest absolute Gasteiger partial charge is 0.467 e. The molecule has 0 spiro atoms. The van der Waals surface area contributed by atoms with Crippen molar-refractivity contribution in [2.45, 2.75) is 62.9 Å². The Morgan fingerprint density at radius 3 is 2.52 bits per heavy atom. The van der Waals surface area contributed by atoms with Crippen LogP contribution in [0.2, 0.25) is 0 Å². The van der Waals surface area contributed by atoms with Crippen molar-refractivity contribution in [3.05, 3.63) is 29.8 Å². The zero-order valence-electron chi connectivity index (χ0n) is 17.3. The van der Waals surface area contributed by atoms with Crippen LogP contribution in [-0.4, -0.2) is 61.8 Å². The molecular weight excluding hydrogens is 392 g/mol. The zero-order chi connectivity index (χ0) is 21.2. The van der Waals surface area contributed by atoms with Crippen LogP contribution in [0.5, 0.6) is 0 Å². The Kier molecular flexibility index (Phi) is 6.63. The number of ether oxygens (including phenoxy) is 1. The minimum Gasteiger partial charge on any atom is -0.467 e. The van der Waals surface area contributed by atoms with E-state index in [-0.39, 0.29) is 16.8 Å². The van der Waals surface area contributed by atoms with Crippen LogP contribution in [0.25, 0.3) is 0 Å². The maximum atomic E-state index is 13.4. The Labute approximate surface area is 173 Å². The smallest absolute Gasteiger partial charge is 0.328 e. The van der Waals surface area contributed by atoms with Gasteiger partial charge in [-0.1, -0.05) is 32.8 Å². The molecule has 2 aliphatic rings. The van der Waals surface area contributed by atoms with Crippen molar-refractivity contribution < 1.29 is 22.7 Å². The first-order valence-corrected chi connectivity index (χ1v) is 11.8. The quantitative estimate of drug-likeness (QED) is 0.658. The highest BCUT2D eigenvalue weighted by molar-refractivity contribution is 7.89. The van der Waals surface area contributed by atoms with E-state index >= 15 is 0 Å². The summed E-state index contributed by atoms with van der Waals surface area (Å²) in [6.07, 6.45) is 4.60. The lowest BCUT2D eigenvalue weighted by Gasteiger charge is -2.33. The van der Waals surface area contributed by atoms with Crippen molar-refractivity contribution in [1.82, 2.24) is 9.21 Å². The number of carbonyl (C=O) groups excluding carboxylic acids is 2. The summed E-state index contributed by atoms with van der Waals surface area (Å²) in [5.41, 5.74) is 0.290. The number of likely N-dealkylation sites (tertiary alicyclic amines) is 1. The van der Waals surface area contributed by atoms with Crippen molar-refractivity contribution in [1.29, 1.82) is 0 Å². The van der Waals surface area contributed by atoms with Gasteiger partial charge in [0, 0.05) is 24.7 Å². The van der Waals surface area contributed by atoms with Gasteiger partial charge in [-0.2, -0.15) is 4.31 Å². The number of hydrogen-bond donors (Lipinski definition) is 0. The standard InChI is InChI=1S/C21H30N2O5S/c1-4-22(5-2)29(26,27)17-11-8-10-16(13-17)20(24)23-18-12-7-6-9-15(18)14-19(23)21(25)28-3/h8,10-11,13,15,18-19H,4-7,9,12,14H2,1-3H3/t15-,18-,19-/m0/s1. The summed E-state index contributed by atoms with van der Waals surface area (Å²) >= 11 is 0. The molecule has 1 aliphatic carbocycles. The molecule has 0 unspecified atom stereocenters. The number of methoxy groups -OCH3 is 1. The second-order valence-corrected chi connectivity index (χ2v) is 9.65. The Morgan fingerprint density at radius 1 is 1.17 bits per heavy atom. The molecule has 1 saturated heterocycles. The molecule has 0 N–H and O–H groups in total. The number of benzene rings is 1. The minimum atomic E-state index is -3.67. The number of esters is 1. The first kappa shape index (κ1) is 21.8. The van der Waals surface area contributed by atoms with Crippen LogP contribution in [-0.2, 0) is 19.6 Å². The molecule has 1 aromatic rings. The van der Waals surface area contributed by atoms with Gasteiger partial charge < -0.3 is 9.64 Å². The van der Waals surface area contributed by atoms with Gasteiger partial charge in [-0.3, -0.25) is 4.79 Å². The van der Waals surface area contributed by atoms with E-state index in [1.165, 1.54) is 23.5 Å². The summed E-state index contributed by atoms with van der Waals surface area (Å²) in [5, 5.41) is 0. The highest BCUT2D eigenvalue weighted by Crippen LogP contribution is 2.41. The summed E-state index contributed by atoms with van der Waals surface area (Å²) in [6, 6.07) is 5.54. The molecule has 1 heterocycles. The van der Waals surface area contributed by atoms with Crippen LogP contribution < -0.4 is 0 Å². The normalized spacial score (nSPS) is 24.4. The average molecular weight is 423 g/mol. The van der Waals surface area contributed by atoms with E-state index < -0.39 is 22.0 Å². The van der Waals surface area contributed by atoms with Crippen LogP contribution in [0.3, 0.4) is 0 Å². The lowest BCUT2D eigenvalue weighted by atomic mass is 9.84. The molecule has 0 aromatic heterocycles. The topological polar surface area (TPSA) is 84.0 Å². The predicted octanol–water partition coefficient (Wildman–Crippen LogP) is 2.66. The summed E-state index contributed by atoms with van der Waals surface area (Å²) in [5.74, 6) is -0.412. The number of rotatable bonds is 6. The fraction of sp³-hybridized carbons (Fsp3) is 0.619. The predicted molar refractivity (Wildman–Crippen MR) is 109 cm³/mol. The number of carbonyl (C=O) groups is 2. The molecule has 3 atom stereocenters. The fourth-order valence-corrected chi connectivity index (χ4v) is 6.25. The SMILES string of the molecule is CCN(CC)S(=O)(=O)c1cccc(C(=O)N2[C@H](C(=O)OC)C[C@@H]3CCCC[C@@H]32)c1. The van der Waals surface area contributed by atoms with Crippen LogP contribution >= 0.6 is 0 Å². The summed E-state index contributed by atoms with van der Waals surface area (Å²) < 4.78 is 32.1. The van der Waals surface area contributed by atoms with Gasteiger partial charge in [0.15, 0.2) is 0 Å².